The zero-order chi connectivity index (χ0) is 12.1. The number of carbonyl (C=O) groups excluding carboxylic acids is 1. The van der Waals surface area contributed by atoms with Crippen LogP contribution in [0.1, 0.15) is 31.1 Å². The quantitative estimate of drug-likeness (QED) is 0.551. The molecule has 1 nitrogen and oxygen atoms in total. The molecule has 1 aromatic heterocycles. The highest BCUT2D eigenvalue weighted by Gasteiger charge is 2.01. The normalized spacial score (nSPS) is 11.9. The monoisotopic (exact) mass is 244 g/mol. The Morgan fingerprint density at radius 3 is 2.88 bits per heavy atom. The number of rotatable bonds is 5. The first-order chi connectivity index (χ1) is 8.33. The van der Waals surface area contributed by atoms with Crippen LogP contribution < -0.4 is 0 Å². The van der Waals surface area contributed by atoms with E-state index < -0.39 is 0 Å². The lowest BCUT2D eigenvalue weighted by molar-refractivity contribution is -0.105. The van der Waals surface area contributed by atoms with Gasteiger partial charge in [-0.2, -0.15) is 0 Å². The number of hydrogen-bond donors (Lipinski definition) is 0. The van der Waals surface area contributed by atoms with Crippen LogP contribution in [0.3, 0.4) is 0 Å². The zero-order valence-electron chi connectivity index (χ0n) is 9.98. The number of carbonyl (C=O) groups is 1. The molecule has 2 aromatic rings. The van der Waals surface area contributed by atoms with Gasteiger partial charge in [0.25, 0.3) is 0 Å². The van der Waals surface area contributed by atoms with Crippen LogP contribution in [-0.2, 0) is 4.79 Å². The van der Waals surface area contributed by atoms with Crippen molar-refractivity contribution in [3.8, 4) is 0 Å². The predicted molar refractivity (Wildman–Crippen MR) is 75.4 cm³/mol. The van der Waals surface area contributed by atoms with Crippen molar-refractivity contribution in [1.82, 2.24) is 0 Å². The number of hydrogen-bond acceptors (Lipinski definition) is 2. The fraction of sp³-hybridized carbons (Fsp3) is 0.267. The van der Waals surface area contributed by atoms with Crippen molar-refractivity contribution in [2.45, 2.75) is 26.2 Å². The van der Waals surface area contributed by atoms with E-state index in [0.717, 1.165) is 31.1 Å². The summed E-state index contributed by atoms with van der Waals surface area (Å²) in [6.45, 7) is 2.14. The Morgan fingerprint density at radius 1 is 1.35 bits per heavy atom. The lowest BCUT2D eigenvalue weighted by Gasteiger charge is -1.96. The van der Waals surface area contributed by atoms with Gasteiger partial charge in [-0.1, -0.05) is 31.5 Å². The second-order valence-corrected chi connectivity index (χ2v) is 5.24. The van der Waals surface area contributed by atoms with Crippen molar-refractivity contribution < 1.29 is 4.79 Å². The SMILES string of the molecule is CCCC/C(C=O)=C\c1cc2ccccc2s1. The Bertz CT molecular complexity index is 504. The first kappa shape index (κ1) is 12.1. The standard InChI is InChI=1S/C15H16OS/c1-2-3-6-12(11-16)9-14-10-13-7-4-5-8-15(13)17-14/h4-5,7-11H,2-3,6H2,1H3/b12-9+. The fourth-order valence-electron chi connectivity index (χ4n) is 1.80. The smallest absolute Gasteiger partial charge is 0.146 e. The molecule has 0 saturated carbocycles. The summed E-state index contributed by atoms with van der Waals surface area (Å²) in [5, 5.41) is 1.25. The Kier molecular flexibility index (Phi) is 4.10. The third kappa shape index (κ3) is 3.04. The Balaban J connectivity index is 2.26. The first-order valence-electron chi connectivity index (χ1n) is 5.98. The molecule has 0 aliphatic carbocycles. The Labute approximate surface area is 106 Å². The largest absolute Gasteiger partial charge is 0.298 e. The van der Waals surface area contributed by atoms with Gasteiger partial charge >= 0.3 is 0 Å². The minimum Gasteiger partial charge on any atom is -0.298 e. The van der Waals surface area contributed by atoms with Gasteiger partial charge in [0, 0.05) is 9.58 Å². The van der Waals surface area contributed by atoms with Crippen molar-refractivity contribution in [1.29, 1.82) is 0 Å². The van der Waals surface area contributed by atoms with Crippen molar-refractivity contribution in [2.75, 3.05) is 0 Å². The number of aldehydes is 1. The minimum absolute atomic E-state index is 0.883. The Hall–Kier alpha value is -1.41. The maximum atomic E-state index is 11.0. The molecular weight excluding hydrogens is 228 g/mol. The molecule has 1 aromatic carbocycles. The molecule has 0 radical (unpaired) electrons. The summed E-state index contributed by atoms with van der Waals surface area (Å²) in [4.78, 5) is 12.1. The summed E-state index contributed by atoms with van der Waals surface area (Å²) in [7, 11) is 0. The maximum absolute atomic E-state index is 11.0. The fourth-order valence-corrected chi connectivity index (χ4v) is 2.84. The van der Waals surface area contributed by atoms with Crippen LogP contribution in [0, 0.1) is 0 Å². The number of unbranched alkanes of at least 4 members (excludes halogenated alkanes) is 1. The van der Waals surface area contributed by atoms with E-state index in [2.05, 4.69) is 25.1 Å². The molecule has 0 bridgehead atoms. The predicted octanol–water partition coefficient (Wildman–Crippen LogP) is 4.67. The van der Waals surface area contributed by atoms with Gasteiger partial charge in [-0.25, -0.2) is 0 Å². The lowest BCUT2D eigenvalue weighted by Crippen LogP contribution is -1.84. The van der Waals surface area contributed by atoms with Gasteiger partial charge in [-0.3, -0.25) is 4.79 Å². The summed E-state index contributed by atoms with van der Waals surface area (Å²) in [5.74, 6) is 0. The number of benzene rings is 1. The van der Waals surface area contributed by atoms with Gasteiger partial charge in [-0.05, 0) is 42.0 Å². The van der Waals surface area contributed by atoms with E-state index >= 15 is 0 Å². The average molecular weight is 244 g/mol. The molecule has 0 fully saturated rings. The van der Waals surface area contributed by atoms with E-state index in [1.165, 1.54) is 15.0 Å². The summed E-state index contributed by atoms with van der Waals surface area (Å²) in [6.07, 6.45) is 6.09. The van der Waals surface area contributed by atoms with Crippen LogP contribution in [-0.4, -0.2) is 6.29 Å². The second kappa shape index (κ2) is 5.78. The van der Waals surface area contributed by atoms with E-state index in [1.54, 1.807) is 11.3 Å². The van der Waals surface area contributed by atoms with E-state index in [1.807, 2.05) is 18.2 Å². The number of allylic oxidation sites excluding steroid dienone is 1. The molecule has 2 heteroatoms. The zero-order valence-corrected chi connectivity index (χ0v) is 10.8. The molecule has 0 aliphatic rings. The molecule has 17 heavy (non-hydrogen) atoms. The van der Waals surface area contributed by atoms with Crippen molar-refractivity contribution in [3.05, 3.63) is 40.8 Å². The topological polar surface area (TPSA) is 17.1 Å². The van der Waals surface area contributed by atoms with Crippen LogP contribution in [0.15, 0.2) is 35.9 Å². The van der Waals surface area contributed by atoms with Gasteiger partial charge < -0.3 is 0 Å². The van der Waals surface area contributed by atoms with E-state index in [4.69, 9.17) is 0 Å². The molecule has 2 rings (SSSR count). The average Bonchev–Trinajstić information content (AvgIpc) is 2.76. The molecule has 0 amide bonds. The third-order valence-electron chi connectivity index (χ3n) is 2.74. The second-order valence-electron chi connectivity index (χ2n) is 4.13. The maximum Gasteiger partial charge on any atom is 0.146 e. The van der Waals surface area contributed by atoms with Gasteiger partial charge in [0.2, 0.25) is 0 Å². The molecule has 88 valence electrons. The van der Waals surface area contributed by atoms with Crippen molar-refractivity contribution >= 4 is 33.8 Å². The molecule has 0 atom stereocenters. The van der Waals surface area contributed by atoms with Crippen LogP contribution in [0.25, 0.3) is 16.2 Å². The van der Waals surface area contributed by atoms with Crippen LogP contribution >= 0.6 is 11.3 Å². The van der Waals surface area contributed by atoms with Crippen LogP contribution in [0.4, 0.5) is 0 Å². The molecule has 0 saturated heterocycles. The van der Waals surface area contributed by atoms with Crippen molar-refractivity contribution in [3.63, 3.8) is 0 Å². The van der Waals surface area contributed by atoms with Gasteiger partial charge in [0.05, 0.1) is 0 Å². The summed E-state index contributed by atoms with van der Waals surface area (Å²) < 4.78 is 1.28. The summed E-state index contributed by atoms with van der Waals surface area (Å²) in [6, 6.07) is 10.5. The highest BCUT2D eigenvalue weighted by Crippen LogP contribution is 2.27. The van der Waals surface area contributed by atoms with E-state index in [-0.39, 0.29) is 0 Å². The molecular formula is C15H16OS. The third-order valence-corrected chi connectivity index (χ3v) is 3.81. The van der Waals surface area contributed by atoms with E-state index in [0.29, 0.717) is 0 Å². The highest BCUT2D eigenvalue weighted by molar-refractivity contribution is 7.19. The molecule has 0 spiro atoms. The van der Waals surface area contributed by atoms with E-state index in [9.17, 15) is 4.79 Å². The summed E-state index contributed by atoms with van der Waals surface area (Å²) in [5.41, 5.74) is 0.901. The Morgan fingerprint density at radius 2 is 2.18 bits per heavy atom. The number of thiophene rings is 1. The minimum atomic E-state index is 0.883. The molecule has 0 N–H and O–H groups in total. The van der Waals surface area contributed by atoms with Crippen LogP contribution in [0.2, 0.25) is 0 Å². The molecule has 0 unspecified atom stereocenters. The van der Waals surface area contributed by atoms with Gasteiger partial charge in [0.15, 0.2) is 0 Å². The summed E-state index contributed by atoms with van der Waals surface area (Å²) >= 11 is 1.74. The molecule has 1 heterocycles. The van der Waals surface area contributed by atoms with Crippen LogP contribution in [0.5, 0.6) is 0 Å². The highest BCUT2D eigenvalue weighted by atomic mass is 32.1. The molecule has 0 aliphatic heterocycles. The van der Waals surface area contributed by atoms with Crippen molar-refractivity contribution in [2.24, 2.45) is 0 Å². The van der Waals surface area contributed by atoms with Gasteiger partial charge in [0.1, 0.15) is 6.29 Å². The lowest BCUT2D eigenvalue weighted by atomic mass is 10.1. The first-order valence-corrected chi connectivity index (χ1v) is 6.79. The number of fused-ring (bicyclic) bond motifs is 1. The van der Waals surface area contributed by atoms with Gasteiger partial charge in [-0.15, -0.1) is 11.3 Å².